The van der Waals surface area contributed by atoms with Crippen LogP contribution in [0.4, 0.5) is 11.5 Å². The molecule has 0 amide bonds. The van der Waals surface area contributed by atoms with Crippen LogP contribution in [0.25, 0.3) is 10.8 Å². The minimum atomic E-state index is 1.11. The van der Waals surface area contributed by atoms with Gasteiger partial charge in [0.15, 0.2) is 0 Å². The summed E-state index contributed by atoms with van der Waals surface area (Å²) in [6.45, 7) is 4.41. The van der Waals surface area contributed by atoms with Gasteiger partial charge in [0.1, 0.15) is 5.82 Å². The van der Waals surface area contributed by atoms with E-state index in [1.165, 1.54) is 35.6 Å². The van der Waals surface area contributed by atoms with E-state index < -0.39 is 0 Å². The maximum atomic E-state index is 4.69. The van der Waals surface area contributed by atoms with Gasteiger partial charge in [-0.3, -0.25) is 0 Å². The number of benzene rings is 1. The normalized spacial score (nSPS) is 15.8. The van der Waals surface area contributed by atoms with Crippen LogP contribution in [-0.2, 0) is 0 Å². The van der Waals surface area contributed by atoms with E-state index in [1.807, 2.05) is 13.2 Å². The predicted octanol–water partition coefficient (Wildman–Crippen LogP) is 3.58. The molecule has 3 heteroatoms. The molecule has 0 saturated carbocycles. The Bertz CT molecular complexity index is 586. The number of aryl methyl sites for hydroxylation is 1. The first-order valence-electron chi connectivity index (χ1n) is 7.11. The van der Waals surface area contributed by atoms with Crippen molar-refractivity contribution < 1.29 is 0 Å². The number of nitrogens with zero attached hydrogens (tertiary/aromatic N) is 2. The van der Waals surface area contributed by atoms with E-state index in [9.17, 15) is 0 Å². The molecule has 1 aromatic carbocycles. The maximum Gasteiger partial charge on any atom is 0.136 e. The van der Waals surface area contributed by atoms with Gasteiger partial charge in [0.25, 0.3) is 0 Å². The molecule has 1 aliphatic rings. The molecule has 3 nitrogen and oxygen atoms in total. The molecule has 0 aliphatic carbocycles. The van der Waals surface area contributed by atoms with E-state index >= 15 is 0 Å². The molecule has 0 radical (unpaired) electrons. The van der Waals surface area contributed by atoms with Gasteiger partial charge in [-0.25, -0.2) is 4.98 Å². The minimum absolute atomic E-state index is 1.11. The average molecular weight is 255 g/mol. The Morgan fingerprint density at radius 1 is 1.11 bits per heavy atom. The van der Waals surface area contributed by atoms with E-state index in [4.69, 9.17) is 4.98 Å². The summed E-state index contributed by atoms with van der Waals surface area (Å²) in [5.74, 6) is 1.15. The highest BCUT2D eigenvalue weighted by Gasteiger charge is 2.16. The molecule has 3 rings (SSSR count). The fourth-order valence-electron chi connectivity index (χ4n) is 2.90. The fraction of sp³-hybridized carbons (Fsp3) is 0.438. The van der Waals surface area contributed by atoms with Gasteiger partial charge < -0.3 is 10.2 Å². The van der Waals surface area contributed by atoms with Gasteiger partial charge in [-0.1, -0.05) is 17.7 Å². The summed E-state index contributed by atoms with van der Waals surface area (Å²) in [6, 6.07) is 6.63. The maximum absolute atomic E-state index is 4.69. The van der Waals surface area contributed by atoms with Crippen molar-refractivity contribution in [2.45, 2.75) is 26.2 Å². The van der Waals surface area contributed by atoms with E-state index in [0.29, 0.717) is 0 Å². The Labute approximate surface area is 114 Å². The first-order valence-corrected chi connectivity index (χ1v) is 7.11. The van der Waals surface area contributed by atoms with Crippen molar-refractivity contribution in [2.24, 2.45) is 0 Å². The van der Waals surface area contributed by atoms with Crippen molar-refractivity contribution >= 4 is 22.3 Å². The molecule has 1 aliphatic heterocycles. The van der Waals surface area contributed by atoms with Crippen LogP contribution in [0.1, 0.15) is 24.8 Å². The van der Waals surface area contributed by atoms with Gasteiger partial charge in [-0.2, -0.15) is 0 Å². The summed E-state index contributed by atoms with van der Waals surface area (Å²) in [4.78, 5) is 7.13. The summed E-state index contributed by atoms with van der Waals surface area (Å²) in [7, 11) is 1.96. The number of anilines is 2. The van der Waals surface area contributed by atoms with Crippen molar-refractivity contribution in [3.05, 3.63) is 30.0 Å². The van der Waals surface area contributed by atoms with Crippen LogP contribution in [0.2, 0.25) is 0 Å². The Balaban J connectivity index is 2.14. The summed E-state index contributed by atoms with van der Waals surface area (Å²) in [5.41, 5.74) is 2.40. The first kappa shape index (κ1) is 12.3. The zero-order valence-corrected chi connectivity index (χ0v) is 11.7. The highest BCUT2D eigenvalue weighted by atomic mass is 15.2. The second-order valence-corrected chi connectivity index (χ2v) is 5.34. The second kappa shape index (κ2) is 5.08. The largest absolute Gasteiger partial charge is 0.386 e. The number of nitrogens with one attached hydrogen (secondary N) is 1. The summed E-state index contributed by atoms with van der Waals surface area (Å²) < 4.78 is 0. The van der Waals surface area contributed by atoms with Crippen molar-refractivity contribution in [1.29, 1.82) is 0 Å². The molecule has 0 atom stereocenters. The molecule has 1 fully saturated rings. The Morgan fingerprint density at radius 2 is 1.89 bits per heavy atom. The summed E-state index contributed by atoms with van der Waals surface area (Å²) in [6.07, 6.45) is 5.87. The van der Waals surface area contributed by atoms with Gasteiger partial charge in [0, 0.05) is 30.9 Å². The lowest BCUT2D eigenvalue weighted by atomic mass is 10.1. The SMILES string of the molecule is CNc1cnc(N2CCCCC2)c2ccc(C)cc12. The minimum Gasteiger partial charge on any atom is -0.386 e. The lowest BCUT2D eigenvalue weighted by Gasteiger charge is -2.29. The van der Waals surface area contributed by atoms with Gasteiger partial charge in [-0.15, -0.1) is 0 Å². The number of fused-ring (bicyclic) bond motifs is 1. The summed E-state index contributed by atoms with van der Waals surface area (Å²) >= 11 is 0. The van der Waals surface area contributed by atoms with Crippen LogP contribution >= 0.6 is 0 Å². The molecular formula is C16H21N3. The lowest BCUT2D eigenvalue weighted by molar-refractivity contribution is 0.575. The summed E-state index contributed by atoms with van der Waals surface area (Å²) in [5, 5.41) is 5.79. The second-order valence-electron chi connectivity index (χ2n) is 5.34. The van der Waals surface area contributed by atoms with Gasteiger partial charge >= 0.3 is 0 Å². The van der Waals surface area contributed by atoms with Gasteiger partial charge in [0.2, 0.25) is 0 Å². The number of hydrogen-bond acceptors (Lipinski definition) is 3. The third-order valence-corrected chi connectivity index (χ3v) is 3.95. The third-order valence-electron chi connectivity index (χ3n) is 3.95. The van der Waals surface area contributed by atoms with Crippen LogP contribution in [0.5, 0.6) is 0 Å². The van der Waals surface area contributed by atoms with Crippen molar-refractivity contribution in [3.8, 4) is 0 Å². The molecule has 1 saturated heterocycles. The number of piperidine rings is 1. The zero-order valence-electron chi connectivity index (χ0n) is 11.7. The third kappa shape index (κ3) is 2.25. The Morgan fingerprint density at radius 3 is 2.63 bits per heavy atom. The quantitative estimate of drug-likeness (QED) is 0.889. The van der Waals surface area contributed by atoms with E-state index in [1.54, 1.807) is 0 Å². The van der Waals surface area contributed by atoms with Gasteiger partial charge in [-0.05, 0) is 32.3 Å². The van der Waals surface area contributed by atoms with Crippen molar-refractivity contribution in [3.63, 3.8) is 0 Å². The van der Waals surface area contributed by atoms with Crippen LogP contribution < -0.4 is 10.2 Å². The smallest absolute Gasteiger partial charge is 0.136 e. The topological polar surface area (TPSA) is 28.2 Å². The van der Waals surface area contributed by atoms with Crippen LogP contribution in [-0.4, -0.2) is 25.1 Å². The van der Waals surface area contributed by atoms with E-state index in [2.05, 4.69) is 35.3 Å². The zero-order chi connectivity index (χ0) is 13.2. The number of hydrogen-bond donors (Lipinski definition) is 1. The predicted molar refractivity (Wildman–Crippen MR) is 82.1 cm³/mol. The number of aromatic nitrogens is 1. The number of pyridine rings is 1. The van der Waals surface area contributed by atoms with Crippen LogP contribution in [0.15, 0.2) is 24.4 Å². The van der Waals surface area contributed by atoms with Crippen molar-refractivity contribution in [2.75, 3.05) is 30.4 Å². The average Bonchev–Trinajstić information content (AvgIpc) is 2.47. The first-order chi connectivity index (χ1) is 9.29. The molecular weight excluding hydrogens is 234 g/mol. The molecule has 2 heterocycles. The van der Waals surface area contributed by atoms with E-state index in [0.717, 1.165) is 24.6 Å². The van der Waals surface area contributed by atoms with Crippen molar-refractivity contribution in [1.82, 2.24) is 4.98 Å². The monoisotopic (exact) mass is 255 g/mol. The standard InChI is InChI=1S/C16H21N3/c1-12-6-7-13-14(10-12)15(17-2)11-18-16(13)19-8-4-3-5-9-19/h6-7,10-11,17H,3-5,8-9H2,1-2H3. The number of rotatable bonds is 2. The highest BCUT2D eigenvalue weighted by Crippen LogP contribution is 2.31. The molecule has 0 bridgehead atoms. The van der Waals surface area contributed by atoms with Crippen LogP contribution in [0, 0.1) is 6.92 Å². The van der Waals surface area contributed by atoms with Gasteiger partial charge in [0.05, 0.1) is 11.9 Å². The molecule has 0 spiro atoms. The molecule has 1 aromatic heterocycles. The van der Waals surface area contributed by atoms with E-state index in [-0.39, 0.29) is 0 Å². The molecule has 2 aromatic rings. The van der Waals surface area contributed by atoms with Crippen LogP contribution in [0.3, 0.4) is 0 Å². The highest BCUT2D eigenvalue weighted by molar-refractivity contribution is 6.00. The lowest BCUT2D eigenvalue weighted by Crippen LogP contribution is -2.30. The molecule has 0 unspecified atom stereocenters. The fourth-order valence-corrected chi connectivity index (χ4v) is 2.90. The molecule has 1 N–H and O–H groups in total. The Hall–Kier alpha value is -1.77. The molecule has 19 heavy (non-hydrogen) atoms. The Kier molecular flexibility index (Phi) is 3.28. The molecule has 100 valence electrons.